The number of primary amides is 1. The molecular weight excluding hydrogens is 617 g/mol. The Morgan fingerprint density at radius 3 is 1.92 bits per heavy atom. The van der Waals surface area contributed by atoms with Gasteiger partial charge in [0.15, 0.2) is 0 Å². The molecule has 1 unspecified atom stereocenters. The van der Waals surface area contributed by atoms with E-state index in [9.17, 15) is 9.59 Å². The van der Waals surface area contributed by atoms with E-state index in [0.717, 1.165) is 32.0 Å². The van der Waals surface area contributed by atoms with Crippen molar-refractivity contribution in [3.63, 3.8) is 0 Å². The van der Waals surface area contributed by atoms with E-state index in [1.165, 1.54) is 27.7 Å². The van der Waals surface area contributed by atoms with Gasteiger partial charge in [-0.3, -0.25) is 14.6 Å². The number of piperazine rings is 1. The molecule has 248 valence electrons. The van der Waals surface area contributed by atoms with E-state index in [2.05, 4.69) is 101 Å². The lowest BCUT2D eigenvalue weighted by Crippen LogP contribution is -2.56. The number of benzene rings is 4. The Bertz CT molecular complexity index is 1800. The number of carbonyl (C=O) groups is 2. The number of rotatable bonds is 10. The van der Waals surface area contributed by atoms with Gasteiger partial charge in [0.1, 0.15) is 17.7 Å². The number of anilines is 2. The molecule has 2 fully saturated rings. The minimum Gasteiger partial charge on any atom is -0.444 e. The first-order valence-electron chi connectivity index (χ1n) is 16.6. The van der Waals surface area contributed by atoms with E-state index in [4.69, 9.17) is 15.5 Å². The van der Waals surface area contributed by atoms with Crippen LogP contribution in [0.4, 0.5) is 20.7 Å². The lowest BCUT2D eigenvalue weighted by Gasteiger charge is -2.49. The van der Waals surface area contributed by atoms with E-state index in [-0.39, 0.29) is 13.0 Å². The average Bonchev–Trinajstić information content (AvgIpc) is 3.53. The smallest absolute Gasteiger partial charge is 0.414 e. The maximum absolute atomic E-state index is 15.4. The van der Waals surface area contributed by atoms with Crippen LogP contribution in [-0.2, 0) is 15.1 Å². The van der Waals surface area contributed by atoms with Gasteiger partial charge in [0.2, 0.25) is 5.91 Å². The van der Waals surface area contributed by atoms with Gasteiger partial charge in [-0.1, -0.05) is 91.0 Å². The van der Waals surface area contributed by atoms with Crippen LogP contribution in [0.3, 0.4) is 0 Å². The fourth-order valence-corrected chi connectivity index (χ4v) is 7.18. The molecule has 0 bridgehead atoms. The van der Waals surface area contributed by atoms with E-state index in [1.807, 2.05) is 12.1 Å². The van der Waals surface area contributed by atoms with Gasteiger partial charge in [0.05, 0.1) is 17.8 Å². The molecule has 0 radical (unpaired) electrons. The average molecular weight is 656 g/mol. The lowest BCUT2D eigenvalue weighted by atomic mass is 9.75. The standard InChI is InChI=1S/C40H38FN5O3/c41-36-26-33(46-28-34(49-39(46)48)18-20-37(42)47)17-19-35(36)29-16-21-38(43-27-29)44-22-24-45(25-23-44)40(30-10-4-1-5-11-30,31-12-6-2-7-13-31)32-14-8-3-9-15-32/h1-17,19,21,26-27,34H,18,20,22-25,28H2,(H2,42,47). The molecule has 0 saturated carbocycles. The highest BCUT2D eigenvalue weighted by atomic mass is 19.1. The maximum atomic E-state index is 15.4. The zero-order chi connectivity index (χ0) is 33.8. The van der Waals surface area contributed by atoms with Crippen molar-refractivity contribution in [2.75, 3.05) is 42.5 Å². The Morgan fingerprint density at radius 1 is 0.816 bits per heavy atom. The van der Waals surface area contributed by atoms with Crippen molar-refractivity contribution in [3.8, 4) is 11.1 Å². The zero-order valence-electron chi connectivity index (χ0n) is 27.1. The highest BCUT2D eigenvalue weighted by Gasteiger charge is 2.43. The number of aromatic nitrogens is 1. The second-order valence-corrected chi connectivity index (χ2v) is 12.5. The SMILES string of the molecule is NC(=O)CCC1CN(c2ccc(-c3ccc(N4CCN(C(c5ccccc5)(c5ccccc5)c5ccccc5)CC4)nc3)c(F)c2)C(=O)O1. The summed E-state index contributed by atoms with van der Waals surface area (Å²) in [5, 5.41) is 0. The van der Waals surface area contributed by atoms with Gasteiger partial charge in [-0.15, -0.1) is 0 Å². The Labute approximate surface area is 285 Å². The summed E-state index contributed by atoms with van der Waals surface area (Å²) < 4.78 is 20.7. The number of ether oxygens (including phenoxy) is 1. The number of hydrogen-bond donors (Lipinski definition) is 1. The monoisotopic (exact) mass is 655 g/mol. The third-order valence-electron chi connectivity index (χ3n) is 9.56. The fourth-order valence-electron chi connectivity index (χ4n) is 7.18. The van der Waals surface area contributed by atoms with Gasteiger partial charge in [-0.05, 0) is 53.4 Å². The minimum absolute atomic E-state index is 0.119. The number of nitrogens with two attached hydrogens (primary N) is 1. The first kappa shape index (κ1) is 32.0. The van der Waals surface area contributed by atoms with Gasteiger partial charge in [0, 0.05) is 49.9 Å². The van der Waals surface area contributed by atoms with Crippen molar-refractivity contribution >= 4 is 23.5 Å². The third kappa shape index (κ3) is 6.37. The molecule has 2 saturated heterocycles. The summed E-state index contributed by atoms with van der Waals surface area (Å²) in [7, 11) is 0. The van der Waals surface area contributed by atoms with Crippen LogP contribution in [0, 0.1) is 5.82 Å². The number of carbonyl (C=O) groups excluding carboxylic acids is 2. The topological polar surface area (TPSA) is 92.0 Å². The number of nitrogens with zero attached hydrogens (tertiary/aromatic N) is 4. The molecule has 49 heavy (non-hydrogen) atoms. The fraction of sp³-hybridized carbons (Fsp3) is 0.225. The van der Waals surface area contributed by atoms with E-state index in [0.29, 0.717) is 23.2 Å². The summed E-state index contributed by atoms with van der Waals surface area (Å²) in [6, 6.07) is 40.7. The minimum atomic E-state index is -0.568. The van der Waals surface area contributed by atoms with Crippen LogP contribution in [-0.4, -0.2) is 60.7 Å². The van der Waals surface area contributed by atoms with Crippen molar-refractivity contribution in [1.82, 2.24) is 9.88 Å². The normalized spacial score (nSPS) is 16.8. The molecule has 2 aliphatic rings. The van der Waals surface area contributed by atoms with Crippen molar-refractivity contribution in [2.24, 2.45) is 5.73 Å². The van der Waals surface area contributed by atoms with Crippen LogP contribution in [0.15, 0.2) is 128 Å². The number of pyridine rings is 1. The quantitative estimate of drug-likeness (QED) is 0.171. The third-order valence-corrected chi connectivity index (χ3v) is 9.56. The molecule has 1 atom stereocenters. The zero-order valence-corrected chi connectivity index (χ0v) is 27.1. The summed E-state index contributed by atoms with van der Waals surface area (Å²) >= 11 is 0. The van der Waals surface area contributed by atoms with Crippen molar-refractivity contribution in [1.29, 1.82) is 0 Å². The molecule has 3 heterocycles. The van der Waals surface area contributed by atoms with Crippen molar-refractivity contribution < 1.29 is 18.7 Å². The van der Waals surface area contributed by atoms with Crippen molar-refractivity contribution in [3.05, 3.63) is 150 Å². The molecule has 2 aliphatic heterocycles. The highest BCUT2D eigenvalue weighted by molar-refractivity contribution is 5.90. The first-order chi connectivity index (χ1) is 23.9. The van der Waals surface area contributed by atoms with E-state index < -0.39 is 29.5 Å². The van der Waals surface area contributed by atoms with Crippen LogP contribution in [0.2, 0.25) is 0 Å². The molecular formula is C40H38FN5O3. The Balaban J connectivity index is 1.08. The van der Waals surface area contributed by atoms with Gasteiger partial charge in [0.25, 0.3) is 0 Å². The Kier molecular flexibility index (Phi) is 9.09. The number of amides is 2. The van der Waals surface area contributed by atoms with Crippen LogP contribution in [0.25, 0.3) is 11.1 Å². The maximum Gasteiger partial charge on any atom is 0.414 e. The molecule has 2 amide bonds. The van der Waals surface area contributed by atoms with E-state index in [1.54, 1.807) is 18.3 Å². The van der Waals surface area contributed by atoms with Crippen LogP contribution in [0.5, 0.6) is 0 Å². The van der Waals surface area contributed by atoms with Crippen molar-refractivity contribution in [2.45, 2.75) is 24.5 Å². The van der Waals surface area contributed by atoms with Gasteiger partial charge in [-0.25, -0.2) is 14.2 Å². The summed E-state index contributed by atoms with van der Waals surface area (Å²) in [5.74, 6) is -0.0805. The molecule has 0 aliphatic carbocycles. The van der Waals surface area contributed by atoms with Crippen LogP contribution in [0.1, 0.15) is 29.5 Å². The second kappa shape index (κ2) is 13.9. The van der Waals surface area contributed by atoms with Crippen LogP contribution < -0.4 is 15.5 Å². The number of hydrogen-bond acceptors (Lipinski definition) is 6. The number of halogens is 1. The molecule has 0 spiro atoms. The Hall–Kier alpha value is -5.54. The predicted molar refractivity (Wildman–Crippen MR) is 189 cm³/mol. The molecule has 7 rings (SSSR count). The Morgan fingerprint density at radius 2 is 1.41 bits per heavy atom. The van der Waals surface area contributed by atoms with Gasteiger partial charge >= 0.3 is 6.09 Å². The highest BCUT2D eigenvalue weighted by Crippen LogP contribution is 2.43. The first-order valence-corrected chi connectivity index (χ1v) is 16.6. The van der Waals surface area contributed by atoms with Crippen LogP contribution >= 0.6 is 0 Å². The summed E-state index contributed by atoms with van der Waals surface area (Å²) in [6.07, 6.45) is 1.12. The molecule has 4 aromatic carbocycles. The molecule has 2 N–H and O–H groups in total. The number of cyclic esters (lactones) is 1. The molecule has 5 aromatic rings. The van der Waals surface area contributed by atoms with Gasteiger partial charge in [-0.2, -0.15) is 0 Å². The molecule has 8 nitrogen and oxygen atoms in total. The molecule has 1 aromatic heterocycles. The second-order valence-electron chi connectivity index (χ2n) is 12.5. The largest absolute Gasteiger partial charge is 0.444 e. The van der Waals surface area contributed by atoms with E-state index >= 15 is 4.39 Å². The summed E-state index contributed by atoms with van der Waals surface area (Å²) in [6.45, 7) is 3.39. The summed E-state index contributed by atoms with van der Waals surface area (Å²) in [4.78, 5) is 34.5. The molecule has 9 heteroatoms. The van der Waals surface area contributed by atoms with Gasteiger partial charge < -0.3 is 15.4 Å². The predicted octanol–water partition coefficient (Wildman–Crippen LogP) is 6.59. The summed E-state index contributed by atoms with van der Waals surface area (Å²) in [5.41, 5.74) is 9.86. The lowest BCUT2D eigenvalue weighted by molar-refractivity contribution is -0.118.